The van der Waals surface area contributed by atoms with Gasteiger partial charge < -0.3 is 20.6 Å². The number of carboxylic acids is 1. The number of carbonyl (C=O) groups is 2. The van der Waals surface area contributed by atoms with Gasteiger partial charge in [-0.15, -0.1) is 0 Å². The number of carboxylic acid groups (broad SMARTS) is 1. The van der Waals surface area contributed by atoms with E-state index in [1.165, 1.54) is 19.4 Å². The van der Waals surface area contributed by atoms with E-state index >= 15 is 0 Å². The third-order valence-electron chi connectivity index (χ3n) is 4.20. The van der Waals surface area contributed by atoms with Crippen LogP contribution >= 0.6 is 0 Å². The number of nitrogens with one attached hydrogen (secondary N) is 2. The fourth-order valence-electron chi connectivity index (χ4n) is 3.31. The maximum absolute atomic E-state index is 12.0. The minimum Gasteiger partial charge on any atom is -0.481 e. The van der Waals surface area contributed by atoms with Crippen LogP contribution in [0.25, 0.3) is 0 Å². The number of hydrogen-bond donors (Lipinski definition) is 3. The number of hydrogen-bond acceptors (Lipinski definition) is 3. The molecule has 0 radical (unpaired) electrons. The Bertz CT molecular complexity index is 384. The van der Waals surface area contributed by atoms with Gasteiger partial charge in [0.15, 0.2) is 0 Å². The van der Waals surface area contributed by atoms with Crippen LogP contribution in [0.15, 0.2) is 0 Å². The second kappa shape index (κ2) is 5.99. The average Bonchev–Trinajstić information content (AvgIpc) is 2.72. The Kier molecular flexibility index (Phi) is 4.52. The summed E-state index contributed by atoms with van der Waals surface area (Å²) < 4.78 is 0. The molecule has 0 aromatic rings. The van der Waals surface area contributed by atoms with Gasteiger partial charge in [0.1, 0.15) is 0 Å². The number of carbonyl (C=O) groups excluding carboxylic acids is 1. The summed E-state index contributed by atoms with van der Waals surface area (Å²) in [6.07, 6.45) is 4.39. The minimum atomic E-state index is -0.908. The van der Waals surface area contributed by atoms with Crippen molar-refractivity contribution in [2.75, 3.05) is 13.1 Å². The van der Waals surface area contributed by atoms with Gasteiger partial charge in [0.25, 0.3) is 0 Å². The molecule has 2 aliphatic heterocycles. The highest BCUT2D eigenvalue weighted by molar-refractivity contribution is 5.76. The molecule has 2 fully saturated rings. The molecule has 6 nitrogen and oxygen atoms in total. The fraction of sp³-hybridized carbons (Fsp3) is 0.857. The molecule has 2 rings (SSSR count). The summed E-state index contributed by atoms with van der Waals surface area (Å²) in [6.45, 7) is 5.68. The maximum Gasteiger partial charge on any atom is 0.315 e. The van der Waals surface area contributed by atoms with E-state index in [0.717, 1.165) is 19.4 Å². The molecule has 2 heterocycles. The van der Waals surface area contributed by atoms with Crippen molar-refractivity contribution in [3.05, 3.63) is 0 Å². The molecule has 0 saturated carbocycles. The Morgan fingerprint density at radius 2 is 2.05 bits per heavy atom. The van der Waals surface area contributed by atoms with Crippen LogP contribution in [0.1, 0.15) is 46.0 Å². The molecule has 114 valence electrons. The highest BCUT2D eigenvalue weighted by Gasteiger charge is 2.33. The third kappa shape index (κ3) is 4.10. The van der Waals surface area contributed by atoms with Crippen LogP contribution in [-0.4, -0.2) is 52.7 Å². The van der Waals surface area contributed by atoms with E-state index in [9.17, 15) is 9.59 Å². The zero-order valence-corrected chi connectivity index (χ0v) is 12.3. The minimum absolute atomic E-state index is 0.0819. The molecule has 0 aromatic carbocycles. The van der Waals surface area contributed by atoms with Gasteiger partial charge in [-0.25, -0.2) is 4.79 Å². The zero-order chi connectivity index (χ0) is 14.8. The number of urea groups is 1. The van der Waals surface area contributed by atoms with Crippen LogP contribution in [0.4, 0.5) is 4.79 Å². The lowest BCUT2D eigenvalue weighted by atomic mass is 9.97. The van der Waals surface area contributed by atoms with E-state index in [0.29, 0.717) is 6.04 Å². The Morgan fingerprint density at radius 1 is 1.30 bits per heavy atom. The van der Waals surface area contributed by atoms with Gasteiger partial charge in [-0.3, -0.25) is 4.79 Å². The molecule has 0 spiro atoms. The summed E-state index contributed by atoms with van der Waals surface area (Å²) in [5.41, 5.74) is -0.732. The van der Waals surface area contributed by atoms with Crippen LogP contribution < -0.4 is 10.6 Å². The Labute approximate surface area is 119 Å². The first-order valence-corrected chi connectivity index (χ1v) is 7.40. The quantitative estimate of drug-likeness (QED) is 0.723. The Hall–Kier alpha value is -1.30. The monoisotopic (exact) mass is 283 g/mol. The fourth-order valence-corrected chi connectivity index (χ4v) is 3.31. The van der Waals surface area contributed by atoms with E-state index in [4.69, 9.17) is 5.11 Å². The van der Waals surface area contributed by atoms with Crippen molar-refractivity contribution < 1.29 is 14.7 Å². The van der Waals surface area contributed by atoms with Crippen LogP contribution in [0.3, 0.4) is 0 Å². The number of aliphatic carboxylic acids is 1. The van der Waals surface area contributed by atoms with Crippen molar-refractivity contribution in [3.63, 3.8) is 0 Å². The smallest absolute Gasteiger partial charge is 0.315 e. The highest BCUT2D eigenvalue weighted by atomic mass is 16.4. The number of piperidine rings is 1. The maximum atomic E-state index is 12.0. The number of fused-ring (bicyclic) bond motifs is 1. The summed E-state index contributed by atoms with van der Waals surface area (Å²) in [4.78, 5) is 25.2. The van der Waals surface area contributed by atoms with Gasteiger partial charge in [0.05, 0.1) is 6.42 Å². The van der Waals surface area contributed by atoms with Gasteiger partial charge in [-0.1, -0.05) is 0 Å². The molecule has 6 heteroatoms. The van der Waals surface area contributed by atoms with E-state index in [1.807, 2.05) is 0 Å². The molecule has 0 aliphatic carbocycles. The molecule has 2 atom stereocenters. The normalized spacial score (nSPS) is 26.9. The molecule has 0 aromatic heterocycles. The van der Waals surface area contributed by atoms with E-state index in [1.54, 1.807) is 13.8 Å². The lowest BCUT2D eigenvalue weighted by Gasteiger charge is -2.35. The molecule has 2 amide bonds. The third-order valence-corrected chi connectivity index (χ3v) is 4.20. The number of nitrogens with zero attached hydrogens (tertiary/aromatic N) is 1. The topological polar surface area (TPSA) is 81.7 Å². The Balaban J connectivity index is 1.78. The van der Waals surface area contributed by atoms with Crippen molar-refractivity contribution in [1.82, 2.24) is 15.5 Å². The molecule has 20 heavy (non-hydrogen) atoms. The van der Waals surface area contributed by atoms with Crippen molar-refractivity contribution in [2.24, 2.45) is 0 Å². The number of rotatable bonds is 4. The van der Waals surface area contributed by atoms with Gasteiger partial charge in [-0.05, 0) is 46.1 Å². The number of amides is 2. The van der Waals surface area contributed by atoms with Crippen LogP contribution in [0, 0.1) is 0 Å². The lowest BCUT2D eigenvalue weighted by molar-refractivity contribution is -0.138. The molecular formula is C14H25N3O3. The molecule has 2 aliphatic rings. The summed E-state index contributed by atoms with van der Waals surface area (Å²) >= 11 is 0. The standard InChI is InChI=1S/C14H25N3O3/c1-14(2,9-12(18)19)16-13(20)15-10-5-7-17-6-3-4-11(17)8-10/h10-11H,3-9H2,1-2H3,(H,18,19)(H2,15,16,20). The summed E-state index contributed by atoms with van der Waals surface area (Å²) in [6, 6.07) is 0.559. The van der Waals surface area contributed by atoms with Gasteiger partial charge >= 0.3 is 12.0 Å². The summed E-state index contributed by atoms with van der Waals surface area (Å²) in [5.74, 6) is -0.908. The molecule has 2 saturated heterocycles. The van der Waals surface area contributed by atoms with Crippen LogP contribution in [0.5, 0.6) is 0 Å². The van der Waals surface area contributed by atoms with Crippen molar-refractivity contribution in [2.45, 2.75) is 63.6 Å². The molecule has 2 unspecified atom stereocenters. The van der Waals surface area contributed by atoms with Gasteiger partial charge in [0, 0.05) is 24.2 Å². The first kappa shape index (κ1) is 15.1. The SMILES string of the molecule is CC(C)(CC(=O)O)NC(=O)NC1CCN2CCCC2C1. The van der Waals surface area contributed by atoms with Crippen molar-refractivity contribution in [1.29, 1.82) is 0 Å². The largest absolute Gasteiger partial charge is 0.481 e. The first-order valence-electron chi connectivity index (χ1n) is 7.40. The predicted octanol–water partition coefficient (Wildman–Crippen LogP) is 1.17. The molecule has 3 N–H and O–H groups in total. The van der Waals surface area contributed by atoms with Gasteiger partial charge in [0.2, 0.25) is 0 Å². The zero-order valence-electron chi connectivity index (χ0n) is 12.3. The lowest BCUT2D eigenvalue weighted by Crippen LogP contribution is -2.54. The average molecular weight is 283 g/mol. The van der Waals surface area contributed by atoms with Gasteiger partial charge in [-0.2, -0.15) is 0 Å². The summed E-state index contributed by atoms with van der Waals surface area (Å²) in [7, 11) is 0. The van der Waals surface area contributed by atoms with Crippen LogP contribution in [0.2, 0.25) is 0 Å². The first-order chi connectivity index (χ1) is 9.35. The molecule has 0 bridgehead atoms. The summed E-state index contributed by atoms with van der Waals surface area (Å²) in [5, 5.41) is 14.6. The second-order valence-corrected chi connectivity index (χ2v) is 6.61. The van der Waals surface area contributed by atoms with Crippen molar-refractivity contribution >= 4 is 12.0 Å². The van der Waals surface area contributed by atoms with Crippen LogP contribution in [-0.2, 0) is 4.79 Å². The van der Waals surface area contributed by atoms with E-state index < -0.39 is 11.5 Å². The van der Waals surface area contributed by atoms with Crippen molar-refractivity contribution in [3.8, 4) is 0 Å². The second-order valence-electron chi connectivity index (χ2n) is 6.61. The Morgan fingerprint density at radius 3 is 2.75 bits per heavy atom. The highest BCUT2D eigenvalue weighted by Crippen LogP contribution is 2.26. The van der Waals surface area contributed by atoms with E-state index in [-0.39, 0.29) is 18.5 Å². The molecular weight excluding hydrogens is 258 g/mol. The predicted molar refractivity (Wildman–Crippen MR) is 75.6 cm³/mol. The van der Waals surface area contributed by atoms with E-state index in [2.05, 4.69) is 15.5 Å².